The molecule has 9 nitrogen and oxygen atoms in total. The highest BCUT2D eigenvalue weighted by Gasteiger charge is 2.26. The van der Waals surface area contributed by atoms with Gasteiger partial charge in [-0.05, 0) is 30.3 Å². The monoisotopic (exact) mass is 471 g/mol. The Balaban J connectivity index is 1.44. The second-order valence-corrected chi connectivity index (χ2v) is 10.4. The van der Waals surface area contributed by atoms with Crippen molar-refractivity contribution < 1.29 is 18.0 Å². The lowest BCUT2D eigenvalue weighted by molar-refractivity contribution is 0.102. The number of amides is 3. The van der Waals surface area contributed by atoms with Gasteiger partial charge in [0, 0.05) is 29.8 Å². The normalized spacial score (nSPS) is 13.3. The van der Waals surface area contributed by atoms with E-state index in [2.05, 4.69) is 15.6 Å². The summed E-state index contributed by atoms with van der Waals surface area (Å²) in [5, 5.41) is 5.81. The number of sulfone groups is 1. The summed E-state index contributed by atoms with van der Waals surface area (Å²) in [7, 11) is -3.37. The molecule has 166 valence electrons. The van der Waals surface area contributed by atoms with Crippen LogP contribution in [0, 0.1) is 0 Å². The molecule has 4 N–H and O–H groups in total. The van der Waals surface area contributed by atoms with Crippen molar-refractivity contribution in [1.29, 1.82) is 0 Å². The largest absolute Gasteiger partial charge is 0.397 e. The number of rotatable bonds is 4. The average Bonchev–Trinajstić information content (AvgIpc) is 3.18. The van der Waals surface area contributed by atoms with Crippen LogP contribution in [0.3, 0.4) is 0 Å². The molecule has 0 saturated carbocycles. The van der Waals surface area contributed by atoms with Gasteiger partial charge in [-0.2, -0.15) is 0 Å². The Labute approximate surface area is 189 Å². The minimum atomic E-state index is -3.37. The van der Waals surface area contributed by atoms with Crippen LogP contribution in [0.4, 0.5) is 21.9 Å². The molecule has 1 aliphatic rings. The molecule has 0 fully saturated rings. The number of fused-ring (bicyclic) bond motifs is 1. The molecule has 3 amide bonds. The molecular weight excluding hydrogens is 450 g/mol. The van der Waals surface area contributed by atoms with Crippen molar-refractivity contribution in [3.63, 3.8) is 0 Å². The Hall–Kier alpha value is -3.44. The van der Waals surface area contributed by atoms with Crippen LogP contribution in [-0.4, -0.2) is 43.0 Å². The van der Waals surface area contributed by atoms with Crippen LogP contribution < -0.4 is 16.4 Å². The van der Waals surface area contributed by atoms with Crippen LogP contribution in [0.1, 0.15) is 20.4 Å². The summed E-state index contributed by atoms with van der Waals surface area (Å²) in [5.74, 6) is -0.351. The molecule has 1 aromatic heterocycles. The summed E-state index contributed by atoms with van der Waals surface area (Å²) in [6.07, 6.45) is 1.63. The highest BCUT2D eigenvalue weighted by molar-refractivity contribution is 7.90. The summed E-state index contributed by atoms with van der Waals surface area (Å²) in [5.41, 5.74) is 8.05. The number of hydrogen-bond acceptors (Lipinski definition) is 7. The number of para-hydroxylation sites is 2. The quantitative estimate of drug-likeness (QED) is 0.501. The number of carbonyl (C=O) groups is 2. The molecule has 11 heteroatoms. The van der Waals surface area contributed by atoms with Crippen molar-refractivity contribution in [3.8, 4) is 0 Å². The Morgan fingerprint density at radius 3 is 2.66 bits per heavy atom. The van der Waals surface area contributed by atoms with E-state index < -0.39 is 9.84 Å². The number of urea groups is 1. The van der Waals surface area contributed by atoms with E-state index in [0.29, 0.717) is 41.6 Å². The fourth-order valence-corrected chi connectivity index (χ4v) is 4.95. The van der Waals surface area contributed by atoms with Crippen molar-refractivity contribution in [2.45, 2.75) is 17.9 Å². The molecule has 32 heavy (non-hydrogen) atoms. The maximum absolute atomic E-state index is 12.7. The van der Waals surface area contributed by atoms with Crippen LogP contribution in [0.5, 0.6) is 0 Å². The van der Waals surface area contributed by atoms with Gasteiger partial charge in [-0.25, -0.2) is 18.2 Å². The highest BCUT2D eigenvalue weighted by Crippen LogP contribution is 2.27. The van der Waals surface area contributed by atoms with Crippen molar-refractivity contribution in [1.82, 2.24) is 9.88 Å². The Morgan fingerprint density at radius 2 is 1.91 bits per heavy atom. The molecule has 3 aromatic rings. The summed E-state index contributed by atoms with van der Waals surface area (Å²) in [6.45, 7) is 0.742. The SMILES string of the molecule is CS(=O)(=O)c1cccc(NC(=O)N2CCc3nc(C(=O)Nc4ccccc4N)sc3C2)c1. The van der Waals surface area contributed by atoms with Gasteiger partial charge >= 0.3 is 6.03 Å². The van der Waals surface area contributed by atoms with Gasteiger partial charge in [0.25, 0.3) is 5.91 Å². The van der Waals surface area contributed by atoms with E-state index >= 15 is 0 Å². The first kappa shape index (κ1) is 21.8. The molecule has 2 aromatic carbocycles. The maximum Gasteiger partial charge on any atom is 0.322 e. The lowest BCUT2D eigenvalue weighted by Crippen LogP contribution is -2.38. The first-order chi connectivity index (χ1) is 15.2. The first-order valence-electron chi connectivity index (χ1n) is 9.71. The number of hydrogen-bond donors (Lipinski definition) is 3. The van der Waals surface area contributed by atoms with Gasteiger partial charge in [-0.1, -0.05) is 18.2 Å². The molecule has 0 radical (unpaired) electrons. The molecule has 2 heterocycles. The van der Waals surface area contributed by atoms with Crippen LogP contribution >= 0.6 is 11.3 Å². The van der Waals surface area contributed by atoms with Gasteiger partial charge in [-0.3, -0.25) is 4.79 Å². The van der Waals surface area contributed by atoms with Crippen molar-refractivity contribution in [3.05, 3.63) is 64.1 Å². The summed E-state index contributed by atoms with van der Waals surface area (Å²) < 4.78 is 23.5. The van der Waals surface area contributed by atoms with E-state index in [1.165, 1.54) is 23.5 Å². The first-order valence-corrected chi connectivity index (χ1v) is 12.4. The zero-order valence-corrected chi connectivity index (χ0v) is 18.8. The molecule has 0 unspecified atom stereocenters. The number of aromatic nitrogens is 1. The van der Waals surface area contributed by atoms with Crippen molar-refractivity contribution >= 4 is 50.2 Å². The van der Waals surface area contributed by atoms with E-state index in [4.69, 9.17) is 5.73 Å². The maximum atomic E-state index is 12.7. The lowest BCUT2D eigenvalue weighted by Gasteiger charge is -2.26. The molecular formula is C21H21N5O4S2. The summed E-state index contributed by atoms with van der Waals surface area (Å²) in [4.78, 5) is 32.3. The van der Waals surface area contributed by atoms with Crippen molar-refractivity contribution in [2.75, 3.05) is 29.2 Å². The van der Waals surface area contributed by atoms with Gasteiger partial charge < -0.3 is 21.3 Å². The predicted molar refractivity (Wildman–Crippen MR) is 124 cm³/mol. The van der Waals surface area contributed by atoms with Gasteiger partial charge in [0.15, 0.2) is 14.8 Å². The van der Waals surface area contributed by atoms with Crippen LogP contribution in [0.15, 0.2) is 53.4 Å². The summed E-state index contributed by atoms with van der Waals surface area (Å²) in [6, 6.07) is 12.7. The number of benzene rings is 2. The smallest absolute Gasteiger partial charge is 0.322 e. The van der Waals surface area contributed by atoms with Crippen LogP contribution in [0.25, 0.3) is 0 Å². The number of thiazole rings is 1. The van der Waals surface area contributed by atoms with Gasteiger partial charge in [0.05, 0.1) is 28.5 Å². The third kappa shape index (κ3) is 4.73. The molecule has 1 aliphatic heterocycles. The molecule has 4 rings (SSSR count). The van der Waals surface area contributed by atoms with Gasteiger partial charge in [0.2, 0.25) is 0 Å². The molecule has 0 spiro atoms. The van der Waals surface area contributed by atoms with E-state index in [9.17, 15) is 18.0 Å². The number of carbonyl (C=O) groups excluding carboxylic acids is 2. The highest BCUT2D eigenvalue weighted by atomic mass is 32.2. The molecule has 0 aliphatic carbocycles. The van der Waals surface area contributed by atoms with Gasteiger partial charge in [0.1, 0.15) is 0 Å². The van der Waals surface area contributed by atoms with Crippen LogP contribution in [-0.2, 0) is 22.8 Å². The zero-order valence-electron chi connectivity index (χ0n) is 17.2. The number of nitrogens with one attached hydrogen (secondary N) is 2. The minimum absolute atomic E-state index is 0.133. The molecule has 0 bridgehead atoms. The lowest BCUT2D eigenvalue weighted by atomic mass is 10.2. The molecule has 0 saturated heterocycles. The average molecular weight is 472 g/mol. The van der Waals surface area contributed by atoms with E-state index in [-0.39, 0.29) is 16.8 Å². The standard InChI is InChI=1S/C21H21N5O4S2/c1-32(29,30)14-6-4-5-13(11-14)23-21(28)26-10-9-17-18(12-26)31-20(25-17)19(27)24-16-8-3-2-7-15(16)22/h2-8,11H,9-10,12,22H2,1H3,(H,23,28)(H,24,27). The topological polar surface area (TPSA) is 134 Å². The fourth-order valence-electron chi connectivity index (χ4n) is 3.26. The fraction of sp³-hybridized carbons (Fsp3) is 0.190. The number of nitrogens with two attached hydrogens (primary N) is 1. The van der Waals surface area contributed by atoms with Gasteiger partial charge in [-0.15, -0.1) is 11.3 Å². The predicted octanol–water partition coefficient (Wildman–Crippen LogP) is 2.97. The van der Waals surface area contributed by atoms with Crippen LogP contribution in [0.2, 0.25) is 0 Å². The third-order valence-electron chi connectivity index (χ3n) is 4.94. The second kappa shape index (κ2) is 8.60. The molecule has 0 atom stereocenters. The number of nitrogen functional groups attached to an aromatic ring is 1. The minimum Gasteiger partial charge on any atom is -0.397 e. The van der Waals surface area contributed by atoms with Crippen molar-refractivity contribution in [2.24, 2.45) is 0 Å². The number of anilines is 3. The van der Waals surface area contributed by atoms with E-state index in [0.717, 1.165) is 16.8 Å². The van der Waals surface area contributed by atoms with E-state index in [1.54, 1.807) is 41.3 Å². The number of nitrogens with zero attached hydrogens (tertiary/aromatic N) is 2. The van der Waals surface area contributed by atoms with E-state index in [1.807, 2.05) is 0 Å². The Kier molecular flexibility index (Phi) is 5.85. The second-order valence-electron chi connectivity index (χ2n) is 7.33. The Morgan fingerprint density at radius 1 is 1.12 bits per heavy atom. The third-order valence-corrected chi connectivity index (χ3v) is 7.13. The summed E-state index contributed by atoms with van der Waals surface area (Å²) >= 11 is 1.24. The zero-order chi connectivity index (χ0) is 22.9. The Bertz CT molecular complexity index is 1300.